The summed E-state index contributed by atoms with van der Waals surface area (Å²) in [7, 11) is 0. The second-order valence-electron chi connectivity index (χ2n) is 8.79. The molecule has 1 fully saturated rings. The predicted octanol–water partition coefficient (Wildman–Crippen LogP) is 2.69. The third kappa shape index (κ3) is 5.68. The largest absolute Gasteiger partial charge is 0.519 e. The van der Waals surface area contributed by atoms with Gasteiger partial charge in [0.2, 0.25) is 6.29 Å². The SMILES string of the molecule is CC(C)c1cccc(C(C)C)c1OC(=O)Oc1ccccc1O[C@H]1OC(CO)[C@@H](O)C(O)C1O. The Balaban J connectivity index is 1.79. The van der Waals surface area contributed by atoms with Gasteiger partial charge in [-0.2, -0.15) is 0 Å². The number of rotatable bonds is 7. The highest BCUT2D eigenvalue weighted by Gasteiger charge is 2.45. The second kappa shape index (κ2) is 11.2. The van der Waals surface area contributed by atoms with Crippen molar-refractivity contribution in [1.82, 2.24) is 0 Å². The van der Waals surface area contributed by atoms with E-state index in [2.05, 4.69) is 0 Å². The van der Waals surface area contributed by atoms with Gasteiger partial charge in [0, 0.05) is 0 Å². The highest BCUT2D eigenvalue weighted by Crippen LogP contribution is 2.36. The smallest absolute Gasteiger partial charge is 0.458 e. The Bertz CT molecular complexity index is 946. The van der Waals surface area contributed by atoms with Crippen molar-refractivity contribution < 1.29 is 44.2 Å². The van der Waals surface area contributed by atoms with Gasteiger partial charge < -0.3 is 39.4 Å². The molecule has 4 N–H and O–H groups in total. The molecule has 2 aromatic rings. The zero-order chi connectivity index (χ0) is 25.0. The van der Waals surface area contributed by atoms with Crippen molar-refractivity contribution in [2.45, 2.75) is 70.2 Å². The number of carbonyl (C=O) groups is 1. The average Bonchev–Trinajstić information content (AvgIpc) is 2.80. The van der Waals surface area contributed by atoms with E-state index in [1.807, 2.05) is 45.9 Å². The van der Waals surface area contributed by atoms with Crippen LogP contribution >= 0.6 is 0 Å². The minimum absolute atomic E-state index is 0.00224. The summed E-state index contributed by atoms with van der Waals surface area (Å²) in [6.45, 7) is 7.41. The molecule has 0 aromatic heterocycles. The molecule has 186 valence electrons. The molecule has 34 heavy (non-hydrogen) atoms. The van der Waals surface area contributed by atoms with Gasteiger partial charge in [-0.3, -0.25) is 0 Å². The van der Waals surface area contributed by atoms with Gasteiger partial charge in [0.05, 0.1) is 6.61 Å². The topological polar surface area (TPSA) is 135 Å². The van der Waals surface area contributed by atoms with E-state index in [1.165, 1.54) is 12.1 Å². The Morgan fingerprint density at radius 3 is 2.00 bits per heavy atom. The van der Waals surface area contributed by atoms with Crippen LogP contribution in [-0.4, -0.2) is 63.9 Å². The third-order valence-electron chi connectivity index (χ3n) is 5.64. The van der Waals surface area contributed by atoms with E-state index < -0.39 is 43.5 Å². The molecule has 9 nitrogen and oxygen atoms in total. The van der Waals surface area contributed by atoms with Gasteiger partial charge in [0.25, 0.3) is 0 Å². The Labute approximate surface area is 198 Å². The number of ether oxygens (including phenoxy) is 4. The molecule has 3 unspecified atom stereocenters. The lowest BCUT2D eigenvalue weighted by Gasteiger charge is -2.39. The number of benzene rings is 2. The van der Waals surface area contributed by atoms with Crippen molar-refractivity contribution in [2.24, 2.45) is 0 Å². The summed E-state index contributed by atoms with van der Waals surface area (Å²) >= 11 is 0. The molecular formula is C25H32O9. The van der Waals surface area contributed by atoms with E-state index in [4.69, 9.17) is 18.9 Å². The maximum atomic E-state index is 12.7. The van der Waals surface area contributed by atoms with E-state index in [9.17, 15) is 25.2 Å². The molecule has 0 aliphatic carbocycles. The van der Waals surface area contributed by atoms with Crippen LogP contribution in [0.1, 0.15) is 50.7 Å². The van der Waals surface area contributed by atoms with Crippen molar-refractivity contribution in [3.8, 4) is 17.2 Å². The summed E-state index contributed by atoms with van der Waals surface area (Å²) in [6.07, 6.45) is -8.26. The maximum absolute atomic E-state index is 12.7. The Morgan fingerprint density at radius 2 is 1.44 bits per heavy atom. The fourth-order valence-electron chi connectivity index (χ4n) is 3.72. The molecule has 1 saturated heterocycles. The molecule has 5 atom stereocenters. The number of para-hydroxylation sites is 3. The molecule has 0 saturated carbocycles. The highest BCUT2D eigenvalue weighted by molar-refractivity contribution is 5.70. The Kier molecular flexibility index (Phi) is 8.51. The van der Waals surface area contributed by atoms with Crippen LogP contribution < -0.4 is 14.2 Å². The number of carbonyl (C=O) groups excluding carboxylic acids is 1. The third-order valence-corrected chi connectivity index (χ3v) is 5.64. The molecule has 9 heteroatoms. The van der Waals surface area contributed by atoms with Crippen LogP contribution in [0.15, 0.2) is 42.5 Å². The molecule has 0 bridgehead atoms. The van der Waals surface area contributed by atoms with Crippen LogP contribution in [0, 0.1) is 0 Å². The molecule has 0 amide bonds. The van der Waals surface area contributed by atoms with Crippen molar-refractivity contribution >= 4 is 6.16 Å². The van der Waals surface area contributed by atoms with Crippen molar-refractivity contribution in [2.75, 3.05) is 6.61 Å². The Hall–Kier alpha value is -2.69. The molecule has 2 aromatic carbocycles. The molecule has 0 spiro atoms. The predicted molar refractivity (Wildman–Crippen MR) is 122 cm³/mol. The van der Waals surface area contributed by atoms with Crippen LogP contribution in [0.3, 0.4) is 0 Å². The first-order valence-corrected chi connectivity index (χ1v) is 11.2. The fourth-order valence-corrected chi connectivity index (χ4v) is 3.72. The van der Waals surface area contributed by atoms with Crippen LogP contribution in [0.25, 0.3) is 0 Å². The average molecular weight is 477 g/mol. The number of aliphatic hydroxyl groups excluding tert-OH is 4. The minimum Gasteiger partial charge on any atom is -0.458 e. The van der Waals surface area contributed by atoms with Crippen LogP contribution in [0.4, 0.5) is 4.79 Å². The van der Waals surface area contributed by atoms with Gasteiger partial charge >= 0.3 is 6.16 Å². The van der Waals surface area contributed by atoms with Crippen molar-refractivity contribution in [1.29, 1.82) is 0 Å². The first kappa shape index (κ1) is 25.9. The first-order chi connectivity index (χ1) is 16.1. The van der Waals surface area contributed by atoms with Crippen LogP contribution in [0.5, 0.6) is 17.2 Å². The van der Waals surface area contributed by atoms with E-state index in [0.29, 0.717) is 5.75 Å². The molecule has 1 aliphatic heterocycles. The molecule has 1 aliphatic rings. The summed E-state index contributed by atoms with van der Waals surface area (Å²) in [5, 5.41) is 39.5. The van der Waals surface area contributed by atoms with E-state index in [0.717, 1.165) is 11.1 Å². The van der Waals surface area contributed by atoms with Gasteiger partial charge in [-0.1, -0.05) is 58.0 Å². The van der Waals surface area contributed by atoms with Gasteiger partial charge in [-0.05, 0) is 35.1 Å². The monoisotopic (exact) mass is 476 g/mol. The van der Waals surface area contributed by atoms with Gasteiger partial charge in [-0.25, -0.2) is 4.79 Å². The maximum Gasteiger partial charge on any atom is 0.519 e. The Morgan fingerprint density at radius 1 is 0.853 bits per heavy atom. The molecular weight excluding hydrogens is 444 g/mol. The van der Waals surface area contributed by atoms with E-state index >= 15 is 0 Å². The van der Waals surface area contributed by atoms with Gasteiger partial charge in [-0.15, -0.1) is 0 Å². The molecule has 3 rings (SSSR count). The summed E-state index contributed by atoms with van der Waals surface area (Å²) < 4.78 is 22.1. The standard InChI is InChI=1S/C25H32O9/c1-13(2)15-8-7-9-16(14(3)4)23(15)34-25(30)33-18-11-6-5-10-17(18)31-24-22(29)21(28)20(27)19(12-26)32-24/h5-11,13-14,19-22,24,26-29H,12H2,1-4H3/t19?,20-,21?,22?,24+/m1/s1. The first-order valence-electron chi connectivity index (χ1n) is 11.2. The highest BCUT2D eigenvalue weighted by atomic mass is 16.7. The summed E-state index contributed by atoms with van der Waals surface area (Å²) in [5.74, 6) is 0.707. The lowest BCUT2D eigenvalue weighted by atomic mass is 9.94. The lowest BCUT2D eigenvalue weighted by Crippen LogP contribution is -2.60. The normalized spacial score (nSPS) is 24.8. The number of hydrogen-bond donors (Lipinski definition) is 4. The van der Waals surface area contributed by atoms with Crippen LogP contribution in [0.2, 0.25) is 0 Å². The summed E-state index contributed by atoms with van der Waals surface area (Å²) in [6, 6.07) is 11.9. The van der Waals surface area contributed by atoms with Crippen LogP contribution in [-0.2, 0) is 4.74 Å². The summed E-state index contributed by atoms with van der Waals surface area (Å²) in [4.78, 5) is 12.7. The van der Waals surface area contributed by atoms with Crippen molar-refractivity contribution in [3.63, 3.8) is 0 Å². The molecule has 0 radical (unpaired) electrons. The zero-order valence-corrected chi connectivity index (χ0v) is 19.6. The van der Waals surface area contributed by atoms with E-state index in [-0.39, 0.29) is 23.3 Å². The lowest BCUT2D eigenvalue weighted by molar-refractivity contribution is -0.277. The molecule has 1 heterocycles. The van der Waals surface area contributed by atoms with Gasteiger partial charge in [0.1, 0.15) is 30.2 Å². The quantitative estimate of drug-likeness (QED) is 0.351. The number of aliphatic hydroxyl groups is 4. The zero-order valence-electron chi connectivity index (χ0n) is 19.6. The van der Waals surface area contributed by atoms with Gasteiger partial charge in [0.15, 0.2) is 11.5 Å². The second-order valence-corrected chi connectivity index (χ2v) is 8.79. The summed E-state index contributed by atoms with van der Waals surface area (Å²) in [5.41, 5.74) is 1.74. The van der Waals surface area contributed by atoms with Crippen molar-refractivity contribution in [3.05, 3.63) is 53.6 Å². The van der Waals surface area contributed by atoms with E-state index in [1.54, 1.807) is 12.1 Å². The number of hydrogen-bond acceptors (Lipinski definition) is 9. The minimum atomic E-state index is -1.61. The fraction of sp³-hybridized carbons (Fsp3) is 0.480.